The largest absolute Gasteiger partial charge is 0.456 e. The monoisotopic (exact) mass is 556 g/mol. The highest BCUT2D eigenvalue weighted by molar-refractivity contribution is 5.97. The molecule has 0 unspecified atom stereocenters. The van der Waals surface area contributed by atoms with Crippen molar-refractivity contribution < 1.29 is 4.42 Å². The second-order valence-electron chi connectivity index (χ2n) is 12.5. The van der Waals surface area contributed by atoms with Gasteiger partial charge in [0.1, 0.15) is 11.3 Å². The molecule has 2 aliphatic carbocycles. The zero-order chi connectivity index (χ0) is 28.7. The van der Waals surface area contributed by atoms with Crippen LogP contribution in [0, 0.1) is 0 Å². The summed E-state index contributed by atoms with van der Waals surface area (Å²) < 4.78 is 8.94. The van der Waals surface area contributed by atoms with Crippen molar-refractivity contribution in [3.05, 3.63) is 137 Å². The summed E-state index contributed by atoms with van der Waals surface area (Å²) in [5.41, 5.74) is 16.2. The van der Waals surface area contributed by atoms with E-state index >= 15 is 0 Å². The van der Waals surface area contributed by atoms with Crippen LogP contribution >= 0.6 is 0 Å². The van der Waals surface area contributed by atoms with Gasteiger partial charge >= 0.3 is 0 Å². The Morgan fingerprint density at radius 2 is 1.51 bits per heavy atom. The highest BCUT2D eigenvalue weighted by atomic mass is 16.3. The van der Waals surface area contributed by atoms with Crippen LogP contribution in [-0.2, 0) is 18.4 Å². The molecule has 1 N–H and O–H groups in total. The highest BCUT2D eigenvalue weighted by Gasteiger charge is 2.39. The summed E-state index contributed by atoms with van der Waals surface area (Å²) in [6, 6.07) is 33.5. The topological polar surface area (TPSA) is 30.1 Å². The van der Waals surface area contributed by atoms with Gasteiger partial charge in [-0.15, -0.1) is 0 Å². The molecule has 9 rings (SSSR count). The van der Waals surface area contributed by atoms with Crippen LogP contribution in [0.1, 0.15) is 54.1 Å². The summed E-state index contributed by atoms with van der Waals surface area (Å²) in [4.78, 5) is 0. The number of allylic oxidation sites excluding steroid dienone is 1. The number of hydrogen-bond donors (Lipinski definition) is 1. The van der Waals surface area contributed by atoms with Crippen LogP contribution in [0.15, 0.2) is 108 Å². The van der Waals surface area contributed by atoms with Gasteiger partial charge in [0.2, 0.25) is 0 Å². The number of aryl methyl sites for hydroxylation is 1. The Bertz CT molecular complexity index is 2150. The van der Waals surface area contributed by atoms with Gasteiger partial charge in [-0.25, -0.2) is 0 Å². The molecule has 0 radical (unpaired) electrons. The number of para-hydroxylation sites is 1. The van der Waals surface area contributed by atoms with Crippen molar-refractivity contribution in [1.82, 2.24) is 9.88 Å². The first-order valence-corrected chi connectivity index (χ1v) is 15.3. The first-order chi connectivity index (χ1) is 21.1. The highest BCUT2D eigenvalue weighted by Crippen LogP contribution is 2.52. The number of nitrogens with zero attached hydrogens (tertiary/aromatic N) is 1. The molecule has 2 aromatic heterocycles. The maximum atomic E-state index is 6.43. The minimum Gasteiger partial charge on any atom is -0.456 e. The first kappa shape index (κ1) is 24.6. The molecule has 3 heterocycles. The number of aromatic nitrogens is 1. The fraction of sp³-hybridized carbons (Fsp3) is 0.150. The molecular formula is C40H32N2O. The van der Waals surface area contributed by atoms with Crippen LogP contribution < -0.4 is 5.32 Å². The molecule has 0 amide bonds. The molecule has 0 spiro atoms. The van der Waals surface area contributed by atoms with E-state index in [1.807, 2.05) is 0 Å². The Labute approximate surface area is 251 Å². The van der Waals surface area contributed by atoms with Crippen molar-refractivity contribution in [1.29, 1.82) is 0 Å². The van der Waals surface area contributed by atoms with Crippen molar-refractivity contribution in [2.75, 3.05) is 0 Å². The van der Waals surface area contributed by atoms with Crippen molar-refractivity contribution in [2.24, 2.45) is 0 Å². The predicted octanol–water partition coefficient (Wildman–Crippen LogP) is 9.90. The normalized spacial score (nSPS) is 15.6. The number of benzene rings is 4. The molecular weight excluding hydrogens is 524 g/mol. The van der Waals surface area contributed by atoms with Gasteiger partial charge in [0.25, 0.3) is 0 Å². The fourth-order valence-corrected chi connectivity index (χ4v) is 7.78. The lowest BCUT2D eigenvalue weighted by Gasteiger charge is -2.29. The minimum absolute atomic E-state index is 0.235. The molecule has 208 valence electrons. The lowest BCUT2D eigenvalue weighted by molar-refractivity contribution is 0.596. The molecule has 0 fully saturated rings. The predicted molar refractivity (Wildman–Crippen MR) is 177 cm³/mol. The van der Waals surface area contributed by atoms with Gasteiger partial charge in [0, 0.05) is 51.0 Å². The molecule has 6 aromatic rings. The Hall–Kier alpha value is -5.02. The summed E-state index contributed by atoms with van der Waals surface area (Å²) in [5.74, 6) is 1.01. The van der Waals surface area contributed by atoms with Crippen molar-refractivity contribution in [3.8, 4) is 39.1 Å². The van der Waals surface area contributed by atoms with Crippen molar-refractivity contribution in [2.45, 2.75) is 38.6 Å². The maximum Gasteiger partial charge on any atom is 0.142 e. The van der Waals surface area contributed by atoms with Crippen LogP contribution in [0.3, 0.4) is 0 Å². The van der Waals surface area contributed by atoms with Gasteiger partial charge < -0.3 is 14.3 Å². The average molecular weight is 557 g/mol. The quantitative estimate of drug-likeness (QED) is 0.230. The van der Waals surface area contributed by atoms with E-state index in [4.69, 9.17) is 4.42 Å². The molecule has 4 aromatic carbocycles. The minimum atomic E-state index is -0.235. The lowest BCUT2D eigenvalue weighted by Crippen LogP contribution is -2.24. The molecule has 43 heavy (non-hydrogen) atoms. The van der Waals surface area contributed by atoms with Crippen molar-refractivity contribution >= 4 is 23.1 Å². The van der Waals surface area contributed by atoms with Crippen LogP contribution in [0.5, 0.6) is 0 Å². The van der Waals surface area contributed by atoms with E-state index in [0.29, 0.717) is 0 Å². The molecule has 1 aliphatic heterocycles. The number of furan rings is 1. The van der Waals surface area contributed by atoms with Crippen LogP contribution in [-0.4, -0.2) is 4.57 Å². The van der Waals surface area contributed by atoms with Gasteiger partial charge in [0.15, 0.2) is 0 Å². The van der Waals surface area contributed by atoms with E-state index in [1.165, 1.54) is 67.0 Å². The lowest BCUT2D eigenvalue weighted by atomic mass is 9.78. The molecule has 3 heteroatoms. The Balaban J connectivity index is 1.27. The SMILES string of the molecule is CC1(C)c2ccccc2-c2ccccc2-c2c3c(n(-c4ccc(-c5cccc6c7c(oc56)C=CCC7)cc4)c21)C=CNC3. The number of nitrogens with one attached hydrogen (secondary N) is 1. The summed E-state index contributed by atoms with van der Waals surface area (Å²) in [6.45, 7) is 5.58. The number of hydrogen-bond acceptors (Lipinski definition) is 2. The van der Waals surface area contributed by atoms with Crippen LogP contribution in [0.4, 0.5) is 0 Å². The average Bonchev–Trinajstić information content (AvgIpc) is 3.59. The third kappa shape index (κ3) is 3.42. The van der Waals surface area contributed by atoms with E-state index in [-0.39, 0.29) is 5.41 Å². The smallest absolute Gasteiger partial charge is 0.142 e. The summed E-state index contributed by atoms with van der Waals surface area (Å²) in [6.07, 6.45) is 10.8. The van der Waals surface area contributed by atoms with Crippen LogP contribution in [0.25, 0.3) is 62.2 Å². The van der Waals surface area contributed by atoms with Gasteiger partial charge in [0.05, 0.1) is 5.69 Å². The Morgan fingerprint density at radius 1 is 0.744 bits per heavy atom. The third-order valence-corrected chi connectivity index (χ3v) is 9.75. The van der Waals surface area contributed by atoms with Gasteiger partial charge in [-0.3, -0.25) is 0 Å². The molecule has 3 aliphatic rings. The molecule has 0 saturated heterocycles. The van der Waals surface area contributed by atoms with Gasteiger partial charge in [-0.05, 0) is 71.1 Å². The molecule has 0 saturated carbocycles. The third-order valence-electron chi connectivity index (χ3n) is 9.75. The van der Waals surface area contributed by atoms with Crippen LogP contribution in [0.2, 0.25) is 0 Å². The maximum absolute atomic E-state index is 6.43. The van der Waals surface area contributed by atoms with E-state index in [2.05, 4.69) is 139 Å². The first-order valence-electron chi connectivity index (χ1n) is 15.3. The second-order valence-corrected chi connectivity index (χ2v) is 12.5. The number of rotatable bonds is 2. The molecule has 0 bridgehead atoms. The molecule has 0 atom stereocenters. The summed E-state index contributed by atoms with van der Waals surface area (Å²) in [7, 11) is 0. The van der Waals surface area contributed by atoms with E-state index in [1.54, 1.807) is 0 Å². The van der Waals surface area contributed by atoms with E-state index in [0.717, 1.165) is 36.3 Å². The van der Waals surface area contributed by atoms with Crippen molar-refractivity contribution in [3.63, 3.8) is 0 Å². The van der Waals surface area contributed by atoms with E-state index in [9.17, 15) is 0 Å². The zero-order valence-electron chi connectivity index (χ0n) is 24.4. The van der Waals surface area contributed by atoms with Gasteiger partial charge in [-0.2, -0.15) is 0 Å². The number of fused-ring (bicyclic) bond motifs is 10. The fourth-order valence-electron chi connectivity index (χ4n) is 7.78. The summed E-state index contributed by atoms with van der Waals surface area (Å²) in [5, 5.41) is 4.75. The zero-order valence-corrected chi connectivity index (χ0v) is 24.4. The second kappa shape index (κ2) is 8.99. The standard InChI is InChI=1S/C40H32N2O/c1-40(2)34-16-7-5-11-29(34)28-10-3-4-13-31(28)37-33-24-41-23-22-35(33)42(39(37)40)26-20-18-25(19-21-26)27-14-9-15-32-30-12-6-8-17-36(30)43-38(27)32/h3-5,7-11,13-23,41H,6,12,24H2,1-2H3. The van der Waals surface area contributed by atoms with Gasteiger partial charge in [-0.1, -0.05) is 98.8 Å². The molecule has 3 nitrogen and oxygen atoms in total. The summed E-state index contributed by atoms with van der Waals surface area (Å²) >= 11 is 0. The van der Waals surface area contributed by atoms with E-state index < -0.39 is 0 Å². The Morgan fingerprint density at radius 3 is 2.37 bits per heavy atom. The Kier molecular flexibility index (Phi) is 5.14.